The molecule has 3 aliphatic heterocycles. The van der Waals surface area contributed by atoms with Crippen LogP contribution in [0.25, 0.3) is 0 Å². The Morgan fingerprint density at radius 3 is 2.70 bits per heavy atom. The van der Waals surface area contributed by atoms with Gasteiger partial charge in [0.15, 0.2) is 5.96 Å². The number of nitrogens with zero attached hydrogens (tertiary/aromatic N) is 4. The van der Waals surface area contributed by atoms with E-state index in [4.69, 9.17) is 4.74 Å². The number of guanidine groups is 1. The van der Waals surface area contributed by atoms with Crippen LogP contribution in [0, 0.1) is 11.8 Å². The summed E-state index contributed by atoms with van der Waals surface area (Å²) in [6.45, 7) is -0.488. The Morgan fingerprint density at radius 1 is 1.39 bits per heavy atom. The van der Waals surface area contributed by atoms with E-state index >= 15 is 0 Å². The molecule has 0 saturated carbocycles. The van der Waals surface area contributed by atoms with Crippen LogP contribution < -0.4 is 5.32 Å². The minimum Gasteiger partial charge on any atom is -0.374 e. The third-order valence-corrected chi connectivity index (χ3v) is 5.33. The lowest BCUT2D eigenvalue weighted by Crippen LogP contribution is -2.41. The number of aromatic nitrogens is 2. The van der Waals surface area contributed by atoms with Crippen molar-refractivity contribution < 1.29 is 13.5 Å². The van der Waals surface area contributed by atoms with Crippen molar-refractivity contribution in [1.82, 2.24) is 19.8 Å². The van der Waals surface area contributed by atoms with Crippen LogP contribution in [0.2, 0.25) is 0 Å². The Hall–Kier alpha value is -1.70. The largest absolute Gasteiger partial charge is 0.374 e. The molecule has 0 aliphatic carbocycles. The summed E-state index contributed by atoms with van der Waals surface area (Å²) in [5.41, 5.74) is 0. The maximum atomic E-state index is 12.9. The fraction of sp³-hybridized carbons (Fsp3) is 0.733. The number of nitrogens with one attached hydrogen (secondary N) is 1. The number of halogens is 2. The Kier molecular flexibility index (Phi) is 3.71. The van der Waals surface area contributed by atoms with Crippen molar-refractivity contribution in [1.29, 1.82) is 0 Å². The minimum absolute atomic E-state index is 0.235. The smallest absolute Gasteiger partial charge is 0.319 e. The van der Waals surface area contributed by atoms with E-state index < -0.39 is 6.55 Å². The van der Waals surface area contributed by atoms with Crippen molar-refractivity contribution >= 4 is 5.96 Å². The van der Waals surface area contributed by atoms with Crippen LogP contribution in [0.1, 0.15) is 25.2 Å². The van der Waals surface area contributed by atoms with E-state index in [0.29, 0.717) is 29.9 Å². The van der Waals surface area contributed by atoms with Crippen LogP contribution in [0.5, 0.6) is 0 Å². The lowest BCUT2D eigenvalue weighted by molar-refractivity contribution is 0.0667. The van der Waals surface area contributed by atoms with Crippen LogP contribution in [0.4, 0.5) is 8.78 Å². The van der Waals surface area contributed by atoms with Crippen molar-refractivity contribution in [3.05, 3.63) is 18.2 Å². The maximum absolute atomic E-state index is 12.9. The zero-order valence-corrected chi connectivity index (χ0v) is 13.0. The summed E-state index contributed by atoms with van der Waals surface area (Å²) in [4.78, 5) is 10.5. The van der Waals surface area contributed by atoms with E-state index in [2.05, 4.69) is 20.2 Å². The van der Waals surface area contributed by atoms with Gasteiger partial charge in [-0.1, -0.05) is 0 Å². The molecular weight excluding hydrogens is 304 g/mol. The molecule has 4 unspecified atom stereocenters. The van der Waals surface area contributed by atoms with E-state index in [9.17, 15) is 8.78 Å². The second-order valence-electron chi connectivity index (χ2n) is 6.45. The molecule has 2 bridgehead atoms. The molecule has 0 radical (unpaired) electrons. The van der Waals surface area contributed by atoms with Gasteiger partial charge in [0.1, 0.15) is 5.82 Å². The van der Waals surface area contributed by atoms with Gasteiger partial charge in [-0.05, 0) is 12.8 Å². The normalized spacial score (nSPS) is 32.9. The van der Waals surface area contributed by atoms with E-state index in [1.165, 1.54) is 12.4 Å². The van der Waals surface area contributed by atoms with Crippen molar-refractivity contribution in [3.8, 4) is 0 Å². The predicted octanol–water partition coefficient (Wildman–Crippen LogP) is 1.46. The van der Waals surface area contributed by atoms with Crippen molar-refractivity contribution in [2.24, 2.45) is 16.8 Å². The average molecular weight is 325 g/mol. The molecular formula is C15H21F2N5O. The summed E-state index contributed by atoms with van der Waals surface area (Å²) in [7, 11) is 1.72. The maximum Gasteiger partial charge on any atom is 0.319 e. The second-order valence-corrected chi connectivity index (χ2v) is 6.45. The number of rotatable bonds is 3. The first kappa shape index (κ1) is 14.9. The summed E-state index contributed by atoms with van der Waals surface area (Å²) in [5, 5.41) is 3.17. The van der Waals surface area contributed by atoms with Crippen molar-refractivity contribution in [3.63, 3.8) is 0 Å². The molecule has 4 atom stereocenters. The highest BCUT2D eigenvalue weighted by Crippen LogP contribution is 2.47. The Labute approximate surface area is 133 Å². The summed E-state index contributed by atoms with van der Waals surface area (Å²) < 4.78 is 32.6. The van der Waals surface area contributed by atoms with Crippen molar-refractivity contribution in [2.45, 2.75) is 38.1 Å². The second kappa shape index (κ2) is 5.74. The van der Waals surface area contributed by atoms with Crippen molar-refractivity contribution in [2.75, 3.05) is 20.1 Å². The average Bonchev–Trinajstić information content (AvgIpc) is 3.29. The molecule has 3 fully saturated rings. The van der Waals surface area contributed by atoms with Gasteiger partial charge in [0.05, 0.1) is 18.8 Å². The number of alkyl halides is 2. The molecule has 6 nitrogen and oxygen atoms in total. The molecule has 0 spiro atoms. The lowest BCUT2D eigenvalue weighted by atomic mass is 9.82. The van der Waals surface area contributed by atoms with Gasteiger partial charge in [-0.3, -0.25) is 9.56 Å². The van der Waals surface area contributed by atoms with Crippen LogP contribution in [-0.2, 0) is 11.3 Å². The molecule has 126 valence electrons. The highest BCUT2D eigenvalue weighted by Gasteiger charge is 2.53. The molecule has 1 aromatic heterocycles. The molecule has 8 heteroatoms. The standard InChI is InChI=1S/C15H21F2N5O/c1-18-15(20-6-13-19-4-5-22(13)14(16)17)21-7-9-10(8-21)12-3-2-11(9)23-12/h4-5,9-12,14H,2-3,6-8H2,1H3,(H,18,20). The summed E-state index contributed by atoms with van der Waals surface area (Å²) in [6, 6.07) is 0. The molecule has 3 aliphatic rings. The number of ether oxygens (including phenoxy) is 1. The van der Waals surface area contributed by atoms with Gasteiger partial charge in [0, 0.05) is 44.4 Å². The van der Waals surface area contributed by atoms with Crippen LogP contribution in [0.15, 0.2) is 17.4 Å². The summed E-state index contributed by atoms with van der Waals surface area (Å²) in [6.07, 6.45) is 5.80. The topological polar surface area (TPSA) is 54.7 Å². The molecule has 4 heterocycles. The van der Waals surface area contributed by atoms with Gasteiger partial charge in [-0.2, -0.15) is 8.78 Å². The third kappa shape index (κ3) is 2.49. The third-order valence-electron chi connectivity index (χ3n) is 5.33. The Bertz CT molecular complexity index is 586. The molecule has 1 aromatic rings. The zero-order valence-electron chi connectivity index (χ0n) is 13.0. The van der Waals surface area contributed by atoms with E-state index in [1.807, 2.05) is 0 Å². The van der Waals surface area contributed by atoms with Gasteiger partial charge in [-0.25, -0.2) is 4.98 Å². The SMILES string of the molecule is CN=C(NCc1nccn1C(F)F)N1CC2C3CCC(O3)C2C1. The van der Waals surface area contributed by atoms with Gasteiger partial charge >= 0.3 is 6.55 Å². The minimum atomic E-state index is -2.57. The molecule has 0 amide bonds. The monoisotopic (exact) mass is 325 g/mol. The van der Waals surface area contributed by atoms with Crippen LogP contribution in [0.3, 0.4) is 0 Å². The number of hydrogen-bond donors (Lipinski definition) is 1. The van der Waals surface area contributed by atoms with Gasteiger partial charge in [-0.15, -0.1) is 0 Å². The fourth-order valence-electron chi connectivity index (χ4n) is 4.28. The lowest BCUT2D eigenvalue weighted by Gasteiger charge is -2.23. The first-order chi connectivity index (χ1) is 11.2. The number of hydrogen-bond acceptors (Lipinski definition) is 3. The predicted molar refractivity (Wildman–Crippen MR) is 80.1 cm³/mol. The summed E-state index contributed by atoms with van der Waals surface area (Å²) in [5.74, 6) is 2.22. The first-order valence-corrected chi connectivity index (χ1v) is 8.08. The van der Waals surface area contributed by atoms with Crippen LogP contribution in [-0.4, -0.2) is 52.8 Å². The first-order valence-electron chi connectivity index (χ1n) is 8.08. The van der Waals surface area contributed by atoms with Gasteiger partial charge < -0.3 is 15.0 Å². The molecule has 23 heavy (non-hydrogen) atoms. The highest BCUT2D eigenvalue weighted by molar-refractivity contribution is 5.80. The van der Waals surface area contributed by atoms with Crippen LogP contribution >= 0.6 is 0 Å². The molecule has 4 rings (SSSR count). The van der Waals surface area contributed by atoms with E-state index in [1.54, 1.807) is 7.05 Å². The number of fused-ring (bicyclic) bond motifs is 5. The highest BCUT2D eigenvalue weighted by atomic mass is 19.3. The van der Waals surface area contributed by atoms with Gasteiger partial charge in [0.25, 0.3) is 0 Å². The zero-order chi connectivity index (χ0) is 16.0. The Balaban J connectivity index is 1.39. The summed E-state index contributed by atoms with van der Waals surface area (Å²) >= 11 is 0. The molecule has 1 N–H and O–H groups in total. The number of imidazole rings is 1. The quantitative estimate of drug-likeness (QED) is 0.675. The fourth-order valence-corrected chi connectivity index (χ4v) is 4.28. The van der Waals surface area contributed by atoms with Gasteiger partial charge in [0.2, 0.25) is 0 Å². The Morgan fingerprint density at radius 2 is 2.09 bits per heavy atom. The number of likely N-dealkylation sites (tertiary alicyclic amines) is 1. The molecule has 0 aromatic carbocycles. The van der Waals surface area contributed by atoms with E-state index in [-0.39, 0.29) is 6.54 Å². The number of aliphatic imine (C=N–C) groups is 1. The molecule has 3 saturated heterocycles. The van der Waals surface area contributed by atoms with E-state index in [0.717, 1.165) is 36.5 Å².